The zero-order valence-electron chi connectivity index (χ0n) is 11.9. The van der Waals surface area contributed by atoms with E-state index in [0.717, 1.165) is 24.3 Å². The summed E-state index contributed by atoms with van der Waals surface area (Å²) >= 11 is 0. The summed E-state index contributed by atoms with van der Waals surface area (Å²) in [6.07, 6.45) is -4.49. The van der Waals surface area contributed by atoms with E-state index < -0.39 is 35.3 Å². The summed E-state index contributed by atoms with van der Waals surface area (Å²) in [6, 6.07) is 6.02. The molecule has 23 heavy (non-hydrogen) atoms. The number of rotatable bonds is 3. The predicted molar refractivity (Wildman–Crippen MR) is 73.7 cm³/mol. The highest BCUT2D eigenvalue weighted by atomic mass is 19.4. The molecule has 0 aromatic heterocycles. The second kappa shape index (κ2) is 6.36. The Labute approximate surface area is 128 Å². The molecule has 0 aliphatic carbocycles. The van der Waals surface area contributed by atoms with E-state index in [1.54, 1.807) is 0 Å². The van der Waals surface area contributed by atoms with Gasteiger partial charge in [0.2, 0.25) is 0 Å². The smallest absolute Gasteiger partial charge is 0.346 e. The minimum atomic E-state index is -4.49. The van der Waals surface area contributed by atoms with Crippen LogP contribution in [0.5, 0.6) is 0 Å². The summed E-state index contributed by atoms with van der Waals surface area (Å²) in [6.45, 7) is 1.48. The molecule has 0 saturated heterocycles. The van der Waals surface area contributed by atoms with Crippen LogP contribution in [0, 0.1) is 11.6 Å². The molecule has 0 aliphatic heterocycles. The van der Waals surface area contributed by atoms with Crippen LogP contribution in [0.15, 0.2) is 42.5 Å². The van der Waals surface area contributed by atoms with Crippen molar-refractivity contribution >= 4 is 5.91 Å². The Bertz CT molecular complexity index is 706. The largest absolute Gasteiger partial charge is 0.416 e. The molecule has 0 bridgehead atoms. The molecule has 0 heterocycles. The molecule has 0 radical (unpaired) electrons. The summed E-state index contributed by atoms with van der Waals surface area (Å²) < 4.78 is 64.2. The second-order valence-corrected chi connectivity index (χ2v) is 4.98. The van der Waals surface area contributed by atoms with Crippen molar-refractivity contribution in [2.24, 2.45) is 0 Å². The van der Waals surface area contributed by atoms with Crippen molar-refractivity contribution in [1.29, 1.82) is 0 Å². The average Bonchev–Trinajstić information content (AvgIpc) is 2.45. The summed E-state index contributed by atoms with van der Waals surface area (Å²) in [5.74, 6) is -2.61. The number of halogens is 5. The van der Waals surface area contributed by atoms with Gasteiger partial charge >= 0.3 is 6.18 Å². The van der Waals surface area contributed by atoms with E-state index in [4.69, 9.17) is 0 Å². The number of hydrogen-bond acceptors (Lipinski definition) is 1. The van der Waals surface area contributed by atoms with Gasteiger partial charge in [0.15, 0.2) is 0 Å². The monoisotopic (exact) mass is 329 g/mol. The van der Waals surface area contributed by atoms with Crippen LogP contribution < -0.4 is 5.32 Å². The maximum atomic E-state index is 13.1. The molecule has 1 amide bonds. The second-order valence-electron chi connectivity index (χ2n) is 4.98. The van der Waals surface area contributed by atoms with E-state index in [9.17, 15) is 26.7 Å². The highest BCUT2D eigenvalue weighted by Gasteiger charge is 2.30. The van der Waals surface area contributed by atoms with Crippen molar-refractivity contribution in [3.05, 3.63) is 70.8 Å². The van der Waals surface area contributed by atoms with Gasteiger partial charge in [0, 0.05) is 11.6 Å². The van der Waals surface area contributed by atoms with Gasteiger partial charge in [-0.05, 0) is 36.8 Å². The third kappa shape index (κ3) is 4.28. The van der Waals surface area contributed by atoms with Crippen molar-refractivity contribution in [3.8, 4) is 0 Å². The average molecular weight is 329 g/mol. The van der Waals surface area contributed by atoms with E-state index in [1.165, 1.54) is 19.1 Å². The molecule has 122 valence electrons. The number of carbonyl (C=O) groups is 1. The third-order valence-corrected chi connectivity index (χ3v) is 3.19. The maximum Gasteiger partial charge on any atom is 0.416 e. The molecular formula is C16H12F5NO. The van der Waals surface area contributed by atoms with Gasteiger partial charge in [-0.1, -0.05) is 12.1 Å². The summed E-state index contributed by atoms with van der Waals surface area (Å²) in [4.78, 5) is 11.9. The predicted octanol–water partition coefficient (Wildman–Crippen LogP) is 4.47. The molecule has 2 aromatic carbocycles. The molecule has 0 saturated carbocycles. The molecule has 2 nitrogen and oxygen atoms in total. The lowest BCUT2D eigenvalue weighted by atomic mass is 10.0. The summed E-state index contributed by atoms with van der Waals surface area (Å²) in [5.41, 5.74) is -0.862. The molecule has 2 aromatic rings. The number of benzene rings is 2. The fourth-order valence-electron chi connectivity index (χ4n) is 2.03. The fraction of sp³-hybridized carbons (Fsp3) is 0.188. The van der Waals surface area contributed by atoms with Crippen molar-refractivity contribution in [3.63, 3.8) is 0 Å². The maximum absolute atomic E-state index is 13.1. The lowest BCUT2D eigenvalue weighted by Gasteiger charge is -2.16. The van der Waals surface area contributed by atoms with Crippen molar-refractivity contribution < 1.29 is 26.7 Å². The Morgan fingerprint density at radius 3 is 2.22 bits per heavy atom. The van der Waals surface area contributed by atoms with Crippen molar-refractivity contribution in [2.75, 3.05) is 0 Å². The van der Waals surface area contributed by atoms with Gasteiger partial charge in [-0.3, -0.25) is 4.79 Å². The Morgan fingerprint density at radius 1 is 1.04 bits per heavy atom. The van der Waals surface area contributed by atoms with Gasteiger partial charge in [-0.15, -0.1) is 0 Å². The van der Waals surface area contributed by atoms with E-state index in [0.29, 0.717) is 6.07 Å². The molecule has 1 unspecified atom stereocenters. The SMILES string of the molecule is CC(NC(=O)c1cc(F)cc(F)c1)c1cccc(C(F)(F)F)c1. The first-order valence-corrected chi connectivity index (χ1v) is 6.61. The zero-order valence-corrected chi connectivity index (χ0v) is 11.9. The number of nitrogens with one attached hydrogen (secondary N) is 1. The van der Waals surface area contributed by atoms with Crippen molar-refractivity contribution in [1.82, 2.24) is 5.32 Å². The van der Waals surface area contributed by atoms with E-state index in [-0.39, 0.29) is 11.1 Å². The minimum Gasteiger partial charge on any atom is -0.346 e. The van der Waals surface area contributed by atoms with E-state index in [2.05, 4.69) is 5.32 Å². The van der Waals surface area contributed by atoms with E-state index >= 15 is 0 Å². The molecule has 1 N–H and O–H groups in total. The molecule has 0 aliphatic rings. The molecule has 0 spiro atoms. The Morgan fingerprint density at radius 2 is 1.65 bits per heavy atom. The highest BCUT2D eigenvalue weighted by molar-refractivity contribution is 5.94. The fourth-order valence-corrected chi connectivity index (χ4v) is 2.03. The molecular weight excluding hydrogens is 317 g/mol. The number of hydrogen-bond donors (Lipinski definition) is 1. The number of alkyl halides is 3. The zero-order chi connectivity index (χ0) is 17.2. The van der Waals surface area contributed by atoms with Gasteiger partial charge in [0.1, 0.15) is 11.6 Å². The first-order chi connectivity index (χ1) is 10.7. The highest BCUT2D eigenvalue weighted by Crippen LogP contribution is 2.30. The minimum absolute atomic E-state index is 0.227. The standard InChI is InChI=1S/C16H12F5NO/c1-9(10-3-2-4-12(5-10)16(19,20)21)22-15(23)11-6-13(17)8-14(18)7-11/h2-9H,1H3,(H,22,23). The van der Waals surface area contributed by atoms with Crippen LogP contribution in [0.2, 0.25) is 0 Å². The molecule has 1 atom stereocenters. The topological polar surface area (TPSA) is 29.1 Å². The Kier molecular flexibility index (Phi) is 4.68. The lowest BCUT2D eigenvalue weighted by molar-refractivity contribution is -0.137. The van der Waals surface area contributed by atoms with Crippen LogP contribution in [-0.2, 0) is 6.18 Å². The normalized spacial score (nSPS) is 12.8. The van der Waals surface area contributed by atoms with Crippen LogP contribution in [0.25, 0.3) is 0 Å². The summed E-state index contributed by atoms with van der Waals surface area (Å²) in [7, 11) is 0. The number of amides is 1. The van der Waals surface area contributed by atoms with E-state index in [1.807, 2.05) is 0 Å². The first kappa shape index (κ1) is 16.9. The first-order valence-electron chi connectivity index (χ1n) is 6.61. The van der Waals surface area contributed by atoms with Gasteiger partial charge in [-0.25, -0.2) is 8.78 Å². The van der Waals surface area contributed by atoms with Gasteiger partial charge in [0.25, 0.3) is 5.91 Å². The van der Waals surface area contributed by atoms with Gasteiger partial charge in [0.05, 0.1) is 11.6 Å². The van der Waals surface area contributed by atoms with Gasteiger partial charge < -0.3 is 5.32 Å². The van der Waals surface area contributed by atoms with Crippen LogP contribution in [-0.4, -0.2) is 5.91 Å². The Hall–Kier alpha value is -2.44. The molecule has 7 heteroatoms. The van der Waals surface area contributed by atoms with Crippen LogP contribution >= 0.6 is 0 Å². The van der Waals surface area contributed by atoms with Crippen LogP contribution in [0.3, 0.4) is 0 Å². The van der Waals surface area contributed by atoms with Crippen LogP contribution in [0.1, 0.15) is 34.5 Å². The molecule has 0 fully saturated rings. The number of carbonyl (C=O) groups excluding carboxylic acids is 1. The Balaban J connectivity index is 2.18. The van der Waals surface area contributed by atoms with Crippen molar-refractivity contribution in [2.45, 2.75) is 19.1 Å². The quantitative estimate of drug-likeness (QED) is 0.827. The summed E-state index contributed by atoms with van der Waals surface area (Å²) in [5, 5.41) is 2.41. The van der Waals surface area contributed by atoms with Gasteiger partial charge in [-0.2, -0.15) is 13.2 Å². The third-order valence-electron chi connectivity index (χ3n) is 3.19. The van der Waals surface area contributed by atoms with Crippen LogP contribution in [0.4, 0.5) is 22.0 Å². The molecule has 2 rings (SSSR count). The lowest BCUT2D eigenvalue weighted by Crippen LogP contribution is -2.27.